The van der Waals surface area contributed by atoms with Crippen molar-refractivity contribution in [1.29, 1.82) is 0 Å². The number of piperidine rings is 1. The molecule has 6 heteroatoms. The third kappa shape index (κ3) is 4.67. The number of hydrogen-bond acceptors (Lipinski definition) is 6. The Morgan fingerprint density at radius 3 is 2.41 bits per heavy atom. The lowest BCUT2D eigenvalue weighted by Crippen LogP contribution is -2.54. The second-order valence-electron chi connectivity index (χ2n) is 12.1. The third-order valence-electron chi connectivity index (χ3n) is 8.68. The van der Waals surface area contributed by atoms with E-state index in [1.807, 2.05) is 0 Å². The number of aliphatic hydroxyl groups excluding tert-OH is 2. The molecule has 2 aromatic rings. The fraction of sp³-hybridized carbons (Fsp3) is 0.679. The van der Waals surface area contributed by atoms with Crippen molar-refractivity contribution in [3.8, 4) is 11.3 Å². The number of thiazole rings is 1. The number of anilines is 1. The quantitative estimate of drug-likeness (QED) is 0.572. The molecule has 2 fully saturated rings. The van der Waals surface area contributed by atoms with E-state index < -0.39 is 12.2 Å². The lowest BCUT2D eigenvalue weighted by Gasteiger charge is -2.42. The molecule has 186 valence electrons. The minimum Gasteiger partial charge on any atom is -0.390 e. The summed E-state index contributed by atoms with van der Waals surface area (Å²) in [6.45, 7) is 11.4. The van der Waals surface area contributed by atoms with Crippen LogP contribution in [0.1, 0.15) is 83.8 Å². The first-order valence-electron chi connectivity index (χ1n) is 13.1. The van der Waals surface area contributed by atoms with Gasteiger partial charge < -0.3 is 20.4 Å². The molecule has 1 saturated carbocycles. The number of nitrogens with one attached hydrogen (secondary N) is 1. The number of aliphatic hydroxyl groups is 2. The van der Waals surface area contributed by atoms with Crippen LogP contribution in [0.15, 0.2) is 23.6 Å². The van der Waals surface area contributed by atoms with Gasteiger partial charge in [0.1, 0.15) is 0 Å². The fourth-order valence-electron chi connectivity index (χ4n) is 6.17. The maximum atomic E-state index is 10.3. The summed E-state index contributed by atoms with van der Waals surface area (Å²) in [4.78, 5) is 7.46. The van der Waals surface area contributed by atoms with Crippen LogP contribution in [0.3, 0.4) is 0 Å². The summed E-state index contributed by atoms with van der Waals surface area (Å²) >= 11 is 1.75. The zero-order valence-electron chi connectivity index (χ0n) is 21.2. The fourth-order valence-corrected chi connectivity index (χ4v) is 7.06. The van der Waals surface area contributed by atoms with Gasteiger partial charge in [-0.1, -0.05) is 39.8 Å². The maximum absolute atomic E-state index is 10.3. The van der Waals surface area contributed by atoms with Gasteiger partial charge in [0.05, 0.1) is 17.9 Å². The van der Waals surface area contributed by atoms with Crippen molar-refractivity contribution in [2.75, 3.05) is 18.0 Å². The molecule has 0 radical (unpaired) electrons. The van der Waals surface area contributed by atoms with Crippen LogP contribution >= 0.6 is 11.3 Å². The van der Waals surface area contributed by atoms with Crippen molar-refractivity contribution in [3.63, 3.8) is 0 Å². The molecule has 0 bridgehead atoms. The molecule has 2 aliphatic carbocycles. The van der Waals surface area contributed by atoms with Crippen molar-refractivity contribution in [2.24, 2.45) is 0 Å². The van der Waals surface area contributed by atoms with E-state index in [0.717, 1.165) is 49.6 Å². The summed E-state index contributed by atoms with van der Waals surface area (Å²) in [7, 11) is 0. The zero-order chi connectivity index (χ0) is 24.1. The molecule has 0 spiro atoms. The van der Waals surface area contributed by atoms with Crippen molar-refractivity contribution >= 4 is 16.5 Å². The highest BCUT2D eigenvalue weighted by Crippen LogP contribution is 2.47. The van der Waals surface area contributed by atoms with Gasteiger partial charge in [-0.05, 0) is 73.0 Å². The smallest absolute Gasteiger partial charge is 0.185 e. The lowest BCUT2D eigenvalue weighted by molar-refractivity contribution is -0.0324. The summed E-state index contributed by atoms with van der Waals surface area (Å²) in [6.07, 6.45) is 5.95. The normalized spacial score (nSPS) is 29.1. The monoisotopic (exact) mass is 483 g/mol. The highest BCUT2D eigenvalue weighted by atomic mass is 32.1. The van der Waals surface area contributed by atoms with Gasteiger partial charge in [0.15, 0.2) is 5.13 Å². The van der Waals surface area contributed by atoms with Crippen molar-refractivity contribution < 1.29 is 10.2 Å². The highest BCUT2D eigenvalue weighted by molar-refractivity contribution is 7.14. The molecule has 3 unspecified atom stereocenters. The number of nitrogens with zero attached hydrogens (tertiary/aromatic N) is 2. The molecule has 1 aliphatic heterocycles. The van der Waals surface area contributed by atoms with E-state index in [9.17, 15) is 10.2 Å². The summed E-state index contributed by atoms with van der Waals surface area (Å²) < 4.78 is 0. The summed E-state index contributed by atoms with van der Waals surface area (Å²) in [5.41, 5.74) is 5.73. The Morgan fingerprint density at radius 2 is 1.68 bits per heavy atom. The van der Waals surface area contributed by atoms with Crippen molar-refractivity contribution in [1.82, 2.24) is 10.3 Å². The molecule has 5 nitrogen and oxygen atoms in total. The predicted molar refractivity (Wildman–Crippen MR) is 141 cm³/mol. The lowest BCUT2D eigenvalue weighted by atomic mass is 9.63. The molecular weight excluding hydrogens is 442 g/mol. The van der Waals surface area contributed by atoms with Crippen LogP contribution in [0.2, 0.25) is 0 Å². The van der Waals surface area contributed by atoms with E-state index in [1.165, 1.54) is 29.5 Å². The van der Waals surface area contributed by atoms with Crippen molar-refractivity contribution in [3.05, 3.63) is 34.7 Å². The minimum absolute atomic E-state index is 0.0185. The van der Waals surface area contributed by atoms with E-state index in [4.69, 9.17) is 4.98 Å². The van der Waals surface area contributed by atoms with E-state index in [2.05, 4.69) is 61.5 Å². The molecule has 3 aliphatic rings. The number of benzene rings is 1. The zero-order valence-corrected chi connectivity index (χ0v) is 22.0. The van der Waals surface area contributed by atoms with Gasteiger partial charge in [-0.25, -0.2) is 4.98 Å². The Balaban J connectivity index is 1.25. The average molecular weight is 484 g/mol. The molecule has 3 atom stereocenters. The van der Waals surface area contributed by atoms with Gasteiger partial charge in [-0.3, -0.25) is 0 Å². The molecule has 1 saturated heterocycles. The Hall–Kier alpha value is -1.47. The second-order valence-corrected chi connectivity index (χ2v) is 12.9. The largest absolute Gasteiger partial charge is 0.390 e. The molecule has 1 aromatic carbocycles. The van der Waals surface area contributed by atoms with Gasteiger partial charge >= 0.3 is 0 Å². The molecule has 1 aromatic heterocycles. The maximum Gasteiger partial charge on any atom is 0.185 e. The Bertz CT molecular complexity index is 1010. The van der Waals surface area contributed by atoms with Crippen LogP contribution < -0.4 is 10.2 Å². The Morgan fingerprint density at radius 1 is 0.971 bits per heavy atom. The summed E-state index contributed by atoms with van der Waals surface area (Å²) in [5.74, 6) is 0. The molecule has 0 amide bonds. The van der Waals surface area contributed by atoms with Gasteiger partial charge in [0, 0.05) is 36.1 Å². The Kier molecular flexibility index (Phi) is 6.56. The van der Waals surface area contributed by atoms with E-state index >= 15 is 0 Å². The minimum atomic E-state index is -0.638. The molecule has 2 heterocycles. The van der Waals surface area contributed by atoms with Crippen molar-refractivity contribution in [2.45, 2.75) is 108 Å². The summed E-state index contributed by atoms with van der Waals surface area (Å²) in [6, 6.07) is 7.42. The number of aromatic nitrogens is 1. The van der Waals surface area contributed by atoms with Gasteiger partial charge in [-0.2, -0.15) is 0 Å². The third-order valence-corrected chi connectivity index (χ3v) is 9.58. The van der Waals surface area contributed by atoms with E-state index in [0.29, 0.717) is 12.5 Å². The molecule has 5 rings (SSSR count). The average Bonchev–Trinajstić information content (AvgIpc) is 3.31. The molecule has 34 heavy (non-hydrogen) atoms. The standard InChI is InChI=1S/C28H41N3O2S/c1-27(2)12-13-28(3,4)21-16-18(8-9-20(21)27)23-17-34-26(30-23)31-14-10-19(11-15-31)29-22-6-5-7-24(32)25(22)33/h8-9,16-17,19,22,24-25,29,32-33H,5-7,10-15H2,1-4H3. The first kappa shape index (κ1) is 24.2. The number of rotatable bonds is 4. The Labute approximate surface area is 208 Å². The van der Waals surface area contributed by atoms with Crippen LogP contribution in [0.4, 0.5) is 5.13 Å². The van der Waals surface area contributed by atoms with E-state index in [-0.39, 0.29) is 16.9 Å². The molecular formula is C28H41N3O2S. The van der Waals surface area contributed by atoms with Gasteiger partial charge in [0.2, 0.25) is 0 Å². The van der Waals surface area contributed by atoms with E-state index in [1.54, 1.807) is 11.3 Å². The number of hydrogen-bond donors (Lipinski definition) is 3. The van der Waals surface area contributed by atoms with Crippen LogP contribution in [-0.4, -0.2) is 52.6 Å². The topological polar surface area (TPSA) is 68.6 Å². The van der Waals surface area contributed by atoms with Gasteiger partial charge in [0.25, 0.3) is 0 Å². The van der Waals surface area contributed by atoms with Crippen LogP contribution in [-0.2, 0) is 10.8 Å². The van der Waals surface area contributed by atoms with Gasteiger partial charge in [-0.15, -0.1) is 11.3 Å². The van der Waals surface area contributed by atoms with Crippen LogP contribution in [0.25, 0.3) is 11.3 Å². The first-order valence-corrected chi connectivity index (χ1v) is 14.0. The predicted octanol–water partition coefficient (Wildman–Crippen LogP) is 4.99. The SMILES string of the molecule is CC1(C)CCC(C)(C)c2cc(-c3csc(N4CCC(NC5CCCC(O)C5O)CC4)n3)ccc21. The second kappa shape index (κ2) is 9.20. The molecule has 3 N–H and O–H groups in total. The number of fused-ring (bicyclic) bond motifs is 1. The highest BCUT2D eigenvalue weighted by Gasteiger charge is 2.37. The summed E-state index contributed by atoms with van der Waals surface area (Å²) in [5, 5.41) is 27.2. The van der Waals surface area contributed by atoms with Crippen LogP contribution in [0, 0.1) is 0 Å². The first-order chi connectivity index (χ1) is 16.1. The van der Waals surface area contributed by atoms with Crippen LogP contribution in [0.5, 0.6) is 0 Å².